The lowest BCUT2D eigenvalue weighted by Crippen LogP contribution is -2.52. The van der Waals surface area contributed by atoms with Crippen LogP contribution in [0.5, 0.6) is 5.75 Å². The van der Waals surface area contributed by atoms with Crippen molar-refractivity contribution in [2.75, 3.05) is 26.7 Å². The molecule has 1 aliphatic rings. The molecule has 1 fully saturated rings. The summed E-state index contributed by atoms with van der Waals surface area (Å²) in [5, 5.41) is 0. The van der Waals surface area contributed by atoms with E-state index in [0.29, 0.717) is 25.2 Å². The summed E-state index contributed by atoms with van der Waals surface area (Å²) in [5.74, 6) is 0.758. The van der Waals surface area contributed by atoms with E-state index < -0.39 is 0 Å². The highest BCUT2D eigenvalue weighted by atomic mass is 16.5. The number of benzene rings is 3. The first kappa shape index (κ1) is 20.7. The highest BCUT2D eigenvalue weighted by molar-refractivity contribution is 6.01. The predicted molar refractivity (Wildman–Crippen MR) is 121 cm³/mol. The minimum absolute atomic E-state index is 0.0234. The molecule has 3 aromatic rings. The van der Waals surface area contributed by atoms with Crippen LogP contribution in [0.1, 0.15) is 28.9 Å². The third-order valence-corrected chi connectivity index (χ3v) is 5.83. The Morgan fingerprint density at radius 1 is 0.871 bits per heavy atom. The van der Waals surface area contributed by atoms with Gasteiger partial charge in [0.2, 0.25) is 5.91 Å². The molecule has 0 saturated carbocycles. The van der Waals surface area contributed by atoms with Crippen LogP contribution in [0.25, 0.3) is 11.1 Å². The van der Waals surface area contributed by atoms with Gasteiger partial charge < -0.3 is 14.5 Å². The van der Waals surface area contributed by atoms with Gasteiger partial charge in [0.05, 0.1) is 13.2 Å². The van der Waals surface area contributed by atoms with Crippen molar-refractivity contribution in [1.29, 1.82) is 0 Å². The monoisotopic (exact) mass is 414 g/mol. The molecule has 1 aliphatic heterocycles. The SMILES string of the molecule is COc1ccc([C@@H]2CN(C(C)=O)CCN2C(=O)c2ccccc2-c2ccccc2)cc1. The molecule has 4 rings (SSSR count). The minimum atomic E-state index is -0.222. The normalized spacial score (nSPS) is 16.1. The Bertz CT molecular complexity index is 1060. The van der Waals surface area contributed by atoms with Gasteiger partial charge in [0.1, 0.15) is 5.75 Å². The first-order chi connectivity index (χ1) is 15.1. The van der Waals surface area contributed by atoms with Crippen LogP contribution < -0.4 is 4.74 Å². The molecule has 0 bridgehead atoms. The summed E-state index contributed by atoms with van der Waals surface area (Å²) in [5.41, 5.74) is 3.58. The standard InChI is InChI=1S/C26H26N2O3/c1-19(29)27-16-17-28(25(18-27)21-12-14-22(31-2)15-13-21)26(30)24-11-7-6-10-23(24)20-8-4-3-5-9-20/h3-15,25H,16-18H2,1-2H3/t25-/m0/s1. The molecule has 5 heteroatoms. The molecule has 158 valence electrons. The van der Waals surface area contributed by atoms with Crippen molar-refractivity contribution in [2.24, 2.45) is 0 Å². The van der Waals surface area contributed by atoms with Gasteiger partial charge in [-0.1, -0.05) is 60.7 Å². The van der Waals surface area contributed by atoms with Crippen LogP contribution in [0.4, 0.5) is 0 Å². The molecule has 5 nitrogen and oxygen atoms in total. The van der Waals surface area contributed by atoms with Crippen LogP contribution in [0.15, 0.2) is 78.9 Å². The lowest BCUT2D eigenvalue weighted by molar-refractivity contribution is -0.131. The second-order valence-corrected chi connectivity index (χ2v) is 7.66. The molecule has 1 heterocycles. The molecular weight excluding hydrogens is 388 g/mol. The van der Waals surface area contributed by atoms with Gasteiger partial charge in [-0.25, -0.2) is 0 Å². The number of methoxy groups -OCH3 is 1. The first-order valence-electron chi connectivity index (χ1n) is 10.4. The third kappa shape index (κ3) is 4.31. The minimum Gasteiger partial charge on any atom is -0.497 e. The average molecular weight is 415 g/mol. The molecule has 0 radical (unpaired) electrons. The van der Waals surface area contributed by atoms with Gasteiger partial charge >= 0.3 is 0 Å². The van der Waals surface area contributed by atoms with Crippen molar-refractivity contribution in [1.82, 2.24) is 9.80 Å². The number of ether oxygens (including phenoxy) is 1. The van der Waals surface area contributed by atoms with E-state index in [-0.39, 0.29) is 17.9 Å². The Morgan fingerprint density at radius 2 is 1.55 bits per heavy atom. The zero-order valence-electron chi connectivity index (χ0n) is 17.8. The van der Waals surface area contributed by atoms with E-state index in [1.54, 1.807) is 14.0 Å². The Kier molecular flexibility index (Phi) is 6.03. The van der Waals surface area contributed by atoms with Gasteiger partial charge in [0, 0.05) is 32.1 Å². The molecule has 0 spiro atoms. The highest BCUT2D eigenvalue weighted by Gasteiger charge is 2.33. The van der Waals surface area contributed by atoms with Gasteiger partial charge in [-0.3, -0.25) is 9.59 Å². The number of hydrogen-bond acceptors (Lipinski definition) is 3. The average Bonchev–Trinajstić information content (AvgIpc) is 2.84. The smallest absolute Gasteiger partial charge is 0.255 e. The van der Waals surface area contributed by atoms with Gasteiger partial charge in [-0.15, -0.1) is 0 Å². The summed E-state index contributed by atoms with van der Waals surface area (Å²) in [4.78, 5) is 29.5. The van der Waals surface area contributed by atoms with Crippen LogP contribution in [0.3, 0.4) is 0 Å². The van der Waals surface area contributed by atoms with Crippen molar-refractivity contribution in [3.63, 3.8) is 0 Å². The Balaban J connectivity index is 1.71. The molecule has 3 aromatic carbocycles. The van der Waals surface area contributed by atoms with Crippen LogP contribution in [-0.4, -0.2) is 48.4 Å². The van der Waals surface area contributed by atoms with E-state index in [1.165, 1.54) is 0 Å². The fourth-order valence-corrected chi connectivity index (χ4v) is 4.12. The quantitative estimate of drug-likeness (QED) is 0.636. The number of carbonyl (C=O) groups excluding carboxylic acids is 2. The van der Waals surface area contributed by atoms with Crippen LogP contribution in [0, 0.1) is 0 Å². The molecule has 31 heavy (non-hydrogen) atoms. The maximum absolute atomic E-state index is 13.8. The number of nitrogens with zero attached hydrogens (tertiary/aromatic N) is 2. The maximum Gasteiger partial charge on any atom is 0.255 e. The van der Waals surface area contributed by atoms with Crippen molar-refractivity contribution >= 4 is 11.8 Å². The van der Waals surface area contributed by atoms with E-state index in [2.05, 4.69) is 0 Å². The molecule has 1 saturated heterocycles. The Morgan fingerprint density at radius 3 is 2.23 bits per heavy atom. The zero-order chi connectivity index (χ0) is 21.8. The van der Waals surface area contributed by atoms with Crippen LogP contribution in [0.2, 0.25) is 0 Å². The van der Waals surface area contributed by atoms with E-state index in [0.717, 1.165) is 22.4 Å². The van der Waals surface area contributed by atoms with Crippen molar-refractivity contribution in [2.45, 2.75) is 13.0 Å². The van der Waals surface area contributed by atoms with E-state index >= 15 is 0 Å². The van der Waals surface area contributed by atoms with Gasteiger partial charge in [-0.2, -0.15) is 0 Å². The molecule has 0 unspecified atom stereocenters. The molecular formula is C26H26N2O3. The van der Waals surface area contributed by atoms with E-state index in [1.807, 2.05) is 88.7 Å². The lowest BCUT2D eigenvalue weighted by Gasteiger charge is -2.41. The number of hydrogen-bond donors (Lipinski definition) is 0. The van der Waals surface area contributed by atoms with Gasteiger partial charge in [0.25, 0.3) is 5.91 Å². The number of rotatable bonds is 4. The van der Waals surface area contributed by atoms with E-state index in [4.69, 9.17) is 4.74 Å². The second-order valence-electron chi connectivity index (χ2n) is 7.66. The Labute approximate surface area is 182 Å². The number of piperazine rings is 1. The van der Waals surface area contributed by atoms with Crippen molar-refractivity contribution in [3.05, 3.63) is 90.0 Å². The fraction of sp³-hybridized carbons (Fsp3) is 0.231. The van der Waals surface area contributed by atoms with E-state index in [9.17, 15) is 9.59 Å². The Hall–Kier alpha value is -3.60. The maximum atomic E-state index is 13.8. The second kappa shape index (κ2) is 9.04. The summed E-state index contributed by atoms with van der Waals surface area (Å²) in [7, 11) is 1.63. The molecule has 0 N–H and O–H groups in total. The largest absolute Gasteiger partial charge is 0.497 e. The predicted octanol–water partition coefficient (Wildman–Crippen LogP) is 4.41. The summed E-state index contributed by atoms with van der Waals surface area (Å²) >= 11 is 0. The zero-order valence-corrected chi connectivity index (χ0v) is 17.8. The number of amides is 2. The lowest BCUT2D eigenvalue weighted by atomic mass is 9.96. The molecule has 2 amide bonds. The van der Waals surface area contributed by atoms with Gasteiger partial charge in [-0.05, 0) is 34.9 Å². The fourth-order valence-electron chi connectivity index (χ4n) is 4.12. The summed E-state index contributed by atoms with van der Waals surface area (Å²) < 4.78 is 5.28. The van der Waals surface area contributed by atoms with Crippen molar-refractivity contribution in [3.8, 4) is 16.9 Å². The van der Waals surface area contributed by atoms with Gasteiger partial charge in [0.15, 0.2) is 0 Å². The molecule has 0 aromatic heterocycles. The summed E-state index contributed by atoms with van der Waals surface area (Å²) in [6, 6.07) is 25.2. The van der Waals surface area contributed by atoms with Crippen LogP contribution in [-0.2, 0) is 4.79 Å². The molecule has 0 aliphatic carbocycles. The van der Waals surface area contributed by atoms with Crippen LogP contribution >= 0.6 is 0 Å². The highest BCUT2D eigenvalue weighted by Crippen LogP contribution is 2.31. The van der Waals surface area contributed by atoms with Crippen molar-refractivity contribution < 1.29 is 14.3 Å². The summed E-state index contributed by atoms with van der Waals surface area (Å²) in [6.45, 7) is 3.06. The third-order valence-electron chi connectivity index (χ3n) is 5.83. The topological polar surface area (TPSA) is 49.9 Å². The molecule has 1 atom stereocenters. The number of carbonyl (C=O) groups is 2. The summed E-state index contributed by atoms with van der Waals surface area (Å²) in [6.07, 6.45) is 0. The first-order valence-corrected chi connectivity index (χ1v) is 10.4.